The van der Waals surface area contributed by atoms with Crippen LogP contribution in [0, 0.1) is 12.6 Å². The Balaban J connectivity index is 0.00000180. The fourth-order valence-electron chi connectivity index (χ4n) is 1.80. The van der Waals surface area contributed by atoms with Gasteiger partial charge in [0.05, 0.1) is 0 Å². The Morgan fingerprint density at radius 1 is 1.00 bits per heavy atom. The van der Waals surface area contributed by atoms with Crippen molar-refractivity contribution in [2.45, 2.75) is 13.1 Å². The van der Waals surface area contributed by atoms with Gasteiger partial charge in [0, 0.05) is 5.56 Å². The molecule has 0 amide bonds. The zero-order chi connectivity index (χ0) is 12.8. The van der Waals surface area contributed by atoms with E-state index in [0.717, 1.165) is 17.2 Å². The van der Waals surface area contributed by atoms with E-state index < -0.39 is 0 Å². The molecule has 0 saturated carbocycles. The smallest absolute Gasteiger partial charge is 0.292 e. The molecule has 0 bridgehead atoms. The fourth-order valence-corrected chi connectivity index (χ4v) is 1.80. The summed E-state index contributed by atoms with van der Waals surface area (Å²) in [7, 11) is 0. The molecule has 19 heavy (non-hydrogen) atoms. The minimum Gasteiger partial charge on any atom is -0.292 e. The third-order valence-corrected chi connectivity index (χ3v) is 2.80. The van der Waals surface area contributed by atoms with Crippen molar-refractivity contribution in [2.75, 3.05) is 0 Å². The molecule has 1 atom stereocenters. The Bertz CT molecular complexity index is 519. The van der Waals surface area contributed by atoms with Crippen LogP contribution in [0.4, 0.5) is 0 Å². The predicted molar refractivity (Wildman–Crippen MR) is 73.4 cm³/mol. The van der Waals surface area contributed by atoms with Crippen LogP contribution < -0.4 is 5.32 Å². The molecule has 0 heterocycles. The molecular formula is C16H15N2Y+2. The number of benzene rings is 2. The fraction of sp³-hybridized carbons (Fsp3) is 0.125. The molecule has 2 nitrogen and oxygen atoms in total. The maximum absolute atomic E-state index is 7.30. The summed E-state index contributed by atoms with van der Waals surface area (Å²) in [6.07, 6.45) is -0.327. The molecule has 0 radical (unpaired) electrons. The Morgan fingerprint density at radius 3 is 2.05 bits per heavy atom. The summed E-state index contributed by atoms with van der Waals surface area (Å²) in [6.45, 7) is 9.30. The summed E-state index contributed by atoms with van der Waals surface area (Å²) in [6, 6.07) is 20.9. The van der Waals surface area contributed by atoms with Gasteiger partial charge in [0.1, 0.15) is 0 Å². The molecule has 2 aromatic carbocycles. The molecule has 90 valence electrons. The van der Waals surface area contributed by atoms with Gasteiger partial charge < -0.3 is 0 Å². The Labute approximate surface area is 139 Å². The third kappa shape index (κ3) is 4.47. The molecular weight excluding hydrogens is 309 g/mol. The molecule has 0 fully saturated rings. The van der Waals surface area contributed by atoms with E-state index in [4.69, 9.17) is 6.57 Å². The molecule has 0 aliphatic carbocycles. The normalized spacial score (nSPS) is 10.9. The van der Waals surface area contributed by atoms with Crippen LogP contribution in [-0.4, -0.2) is 0 Å². The second kappa shape index (κ2) is 8.12. The minimum atomic E-state index is -0.327. The summed E-state index contributed by atoms with van der Waals surface area (Å²) < 4.78 is 0. The summed E-state index contributed by atoms with van der Waals surface area (Å²) in [5, 5.41) is 3.26. The molecule has 3 heteroatoms. The van der Waals surface area contributed by atoms with Gasteiger partial charge >= 0.3 is 32.7 Å². The third-order valence-electron chi connectivity index (χ3n) is 2.80. The summed E-state index contributed by atoms with van der Waals surface area (Å²) in [5.41, 5.74) is 2.10. The molecule has 0 aliphatic rings. The van der Waals surface area contributed by atoms with E-state index in [1.165, 1.54) is 0 Å². The first-order valence-corrected chi connectivity index (χ1v) is 5.88. The van der Waals surface area contributed by atoms with Crippen molar-refractivity contribution < 1.29 is 32.7 Å². The molecule has 0 aliphatic heterocycles. The molecule has 0 aromatic heterocycles. The summed E-state index contributed by atoms with van der Waals surface area (Å²) >= 11 is 0. The SMILES string of the molecule is [C-]#[N+]C(N[C-](C)c1ccccc1)c1ccccc1.[Y+3]. The number of hydrogen-bond acceptors (Lipinski definition) is 1. The average molecular weight is 324 g/mol. The zero-order valence-corrected chi connectivity index (χ0v) is 13.7. The molecule has 0 saturated heterocycles. The van der Waals surface area contributed by atoms with Crippen molar-refractivity contribution in [1.29, 1.82) is 0 Å². The first kappa shape index (κ1) is 15.9. The summed E-state index contributed by atoms with van der Waals surface area (Å²) in [4.78, 5) is 3.64. The number of nitrogens with zero attached hydrogens (tertiary/aromatic N) is 1. The molecule has 1 unspecified atom stereocenters. The van der Waals surface area contributed by atoms with Crippen LogP contribution in [0.1, 0.15) is 24.2 Å². The largest absolute Gasteiger partial charge is 3.00 e. The molecule has 1 N–H and O–H groups in total. The second-order valence-electron chi connectivity index (χ2n) is 4.08. The Morgan fingerprint density at radius 2 is 1.53 bits per heavy atom. The van der Waals surface area contributed by atoms with Gasteiger partial charge in [-0.2, -0.15) is 17.7 Å². The van der Waals surface area contributed by atoms with Crippen LogP contribution in [0.25, 0.3) is 4.85 Å². The van der Waals surface area contributed by atoms with E-state index in [-0.39, 0.29) is 38.9 Å². The van der Waals surface area contributed by atoms with Crippen LogP contribution >= 0.6 is 0 Å². The van der Waals surface area contributed by atoms with Crippen molar-refractivity contribution in [3.05, 3.63) is 89.2 Å². The van der Waals surface area contributed by atoms with Gasteiger partial charge in [0.25, 0.3) is 6.17 Å². The van der Waals surface area contributed by atoms with Crippen molar-refractivity contribution in [2.24, 2.45) is 0 Å². The minimum absolute atomic E-state index is 0. The average Bonchev–Trinajstić information content (AvgIpc) is 2.46. The number of nitrogens with one attached hydrogen (secondary N) is 1. The van der Waals surface area contributed by atoms with E-state index in [2.05, 4.69) is 10.2 Å². The molecule has 2 rings (SSSR count). The molecule has 0 spiro atoms. The van der Waals surface area contributed by atoms with E-state index in [9.17, 15) is 0 Å². The quantitative estimate of drug-likeness (QED) is 0.847. The van der Waals surface area contributed by atoms with Gasteiger partial charge in [0.15, 0.2) is 0 Å². The Hall–Kier alpha value is -1.14. The number of hydrogen-bond donors (Lipinski definition) is 1. The van der Waals surface area contributed by atoms with Gasteiger partial charge in [-0.25, -0.2) is 6.57 Å². The van der Waals surface area contributed by atoms with Gasteiger partial charge in [0.2, 0.25) is 0 Å². The van der Waals surface area contributed by atoms with Crippen molar-refractivity contribution >= 4 is 0 Å². The van der Waals surface area contributed by atoms with Crippen molar-refractivity contribution in [1.82, 2.24) is 5.32 Å². The van der Waals surface area contributed by atoms with E-state index in [1.807, 2.05) is 67.6 Å². The topological polar surface area (TPSA) is 16.4 Å². The van der Waals surface area contributed by atoms with Crippen LogP contribution in [0.15, 0.2) is 60.7 Å². The van der Waals surface area contributed by atoms with Crippen LogP contribution in [-0.2, 0) is 32.7 Å². The first-order valence-electron chi connectivity index (χ1n) is 5.88. The maximum atomic E-state index is 7.30. The maximum Gasteiger partial charge on any atom is 3.00 e. The van der Waals surface area contributed by atoms with E-state index >= 15 is 0 Å². The van der Waals surface area contributed by atoms with Gasteiger partial charge in [-0.1, -0.05) is 31.2 Å². The standard InChI is InChI=1S/C16H15N2.Y/c1-13(14-9-5-3-6-10-14)18-16(17-2)15-11-7-4-8-12-15;/h3-12,16,18H,1H3;/q-1;+3. The Kier molecular flexibility index (Phi) is 6.80. The predicted octanol–water partition coefficient (Wildman–Crippen LogP) is 3.79. The van der Waals surface area contributed by atoms with E-state index in [0.29, 0.717) is 0 Å². The first-order chi connectivity index (χ1) is 8.81. The van der Waals surface area contributed by atoms with Gasteiger partial charge in [-0.15, -0.1) is 18.2 Å². The zero-order valence-electron chi connectivity index (χ0n) is 10.9. The second-order valence-corrected chi connectivity index (χ2v) is 4.08. The van der Waals surface area contributed by atoms with Crippen LogP contribution in [0.2, 0.25) is 0 Å². The van der Waals surface area contributed by atoms with Crippen molar-refractivity contribution in [3.8, 4) is 0 Å². The molecule has 2 aromatic rings. The van der Waals surface area contributed by atoms with Gasteiger partial charge in [-0.3, -0.25) is 10.2 Å². The summed E-state index contributed by atoms with van der Waals surface area (Å²) in [5.74, 6) is 0. The van der Waals surface area contributed by atoms with Crippen molar-refractivity contribution in [3.63, 3.8) is 0 Å². The monoisotopic (exact) mass is 324 g/mol. The van der Waals surface area contributed by atoms with Gasteiger partial charge in [-0.05, 0) is 12.1 Å². The van der Waals surface area contributed by atoms with Crippen LogP contribution in [0.5, 0.6) is 0 Å². The number of rotatable bonds is 4. The van der Waals surface area contributed by atoms with Crippen LogP contribution in [0.3, 0.4) is 0 Å². The van der Waals surface area contributed by atoms with E-state index in [1.54, 1.807) is 0 Å².